The highest BCUT2D eigenvalue weighted by Gasteiger charge is 2.20. The van der Waals surface area contributed by atoms with Crippen molar-refractivity contribution in [3.05, 3.63) is 23.8 Å². The number of carbonyl (C=O) groups excluding carboxylic acids is 1. The smallest absolute Gasteiger partial charge is 0.183 e. The predicted octanol–water partition coefficient (Wildman–Crippen LogP) is 1.48. The average Bonchev–Trinajstić information content (AvgIpc) is 2.54. The van der Waals surface area contributed by atoms with E-state index in [0.29, 0.717) is 23.6 Å². The summed E-state index contributed by atoms with van der Waals surface area (Å²) in [6.07, 6.45) is -0.396. The van der Waals surface area contributed by atoms with Gasteiger partial charge in [-0.1, -0.05) is 0 Å². The number of carbonyl (C=O) groups is 1. The minimum Gasteiger partial charge on any atom is -0.497 e. The Labute approximate surface area is 125 Å². The van der Waals surface area contributed by atoms with Gasteiger partial charge in [-0.3, -0.25) is 4.79 Å². The molecule has 0 spiro atoms. The SMILES string of the molecule is COc1ccc(OC)c(C(=O)C(C)NCC(OC)OC)c1. The first-order chi connectivity index (χ1) is 10.1. The normalized spacial score (nSPS) is 12.3. The summed E-state index contributed by atoms with van der Waals surface area (Å²) in [5.41, 5.74) is 0.475. The molecule has 0 heterocycles. The van der Waals surface area contributed by atoms with E-state index in [1.807, 2.05) is 0 Å². The summed E-state index contributed by atoms with van der Waals surface area (Å²) in [6, 6.07) is 4.73. The van der Waals surface area contributed by atoms with Gasteiger partial charge in [0.25, 0.3) is 0 Å². The first-order valence-electron chi connectivity index (χ1n) is 6.62. The standard InChI is InChI=1S/C15H23NO5/c1-10(16-9-14(20-4)21-5)15(17)12-8-11(18-2)6-7-13(12)19-3/h6-8,10,14,16H,9H2,1-5H3. The number of methoxy groups -OCH3 is 4. The summed E-state index contributed by atoms with van der Waals surface area (Å²) < 4.78 is 20.5. The lowest BCUT2D eigenvalue weighted by Gasteiger charge is -2.19. The third-order valence-corrected chi connectivity index (χ3v) is 3.18. The number of ketones is 1. The maximum Gasteiger partial charge on any atom is 0.183 e. The molecule has 0 radical (unpaired) electrons. The van der Waals surface area contributed by atoms with Crippen molar-refractivity contribution in [2.24, 2.45) is 0 Å². The van der Waals surface area contributed by atoms with E-state index in [2.05, 4.69) is 5.32 Å². The van der Waals surface area contributed by atoms with Crippen LogP contribution in [0.4, 0.5) is 0 Å². The number of ether oxygens (including phenoxy) is 4. The maximum absolute atomic E-state index is 12.5. The first kappa shape index (κ1) is 17.4. The summed E-state index contributed by atoms with van der Waals surface area (Å²) >= 11 is 0. The van der Waals surface area contributed by atoms with Gasteiger partial charge in [0, 0.05) is 20.8 Å². The number of rotatable bonds is 9. The molecule has 1 N–H and O–H groups in total. The zero-order chi connectivity index (χ0) is 15.8. The third-order valence-electron chi connectivity index (χ3n) is 3.18. The van der Waals surface area contributed by atoms with Gasteiger partial charge in [-0.15, -0.1) is 0 Å². The molecule has 1 rings (SSSR count). The molecule has 21 heavy (non-hydrogen) atoms. The molecule has 0 amide bonds. The summed E-state index contributed by atoms with van der Waals surface area (Å²) in [6.45, 7) is 2.19. The Hall–Kier alpha value is -1.63. The molecule has 0 aromatic heterocycles. The van der Waals surface area contributed by atoms with Crippen LogP contribution in [0.25, 0.3) is 0 Å². The molecule has 0 fully saturated rings. The third kappa shape index (κ3) is 4.70. The first-order valence-corrected chi connectivity index (χ1v) is 6.62. The van der Waals surface area contributed by atoms with Crippen LogP contribution in [-0.2, 0) is 9.47 Å². The molecule has 1 unspecified atom stereocenters. The van der Waals surface area contributed by atoms with Crippen LogP contribution in [0.3, 0.4) is 0 Å². The van der Waals surface area contributed by atoms with Crippen molar-refractivity contribution >= 4 is 5.78 Å². The van der Waals surface area contributed by atoms with E-state index in [1.54, 1.807) is 46.5 Å². The van der Waals surface area contributed by atoms with Gasteiger partial charge in [0.05, 0.1) is 25.8 Å². The van der Waals surface area contributed by atoms with Crippen LogP contribution in [0, 0.1) is 0 Å². The van der Waals surface area contributed by atoms with Crippen LogP contribution in [0.1, 0.15) is 17.3 Å². The molecule has 0 aliphatic rings. The van der Waals surface area contributed by atoms with E-state index in [9.17, 15) is 4.79 Å². The molecular formula is C15H23NO5. The van der Waals surface area contributed by atoms with Crippen molar-refractivity contribution in [3.63, 3.8) is 0 Å². The summed E-state index contributed by atoms with van der Waals surface area (Å²) in [5.74, 6) is 1.04. The largest absolute Gasteiger partial charge is 0.497 e. The monoisotopic (exact) mass is 297 g/mol. The molecule has 6 heteroatoms. The van der Waals surface area contributed by atoms with Gasteiger partial charge < -0.3 is 24.3 Å². The minimum atomic E-state index is -0.404. The summed E-state index contributed by atoms with van der Waals surface area (Å²) in [7, 11) is 6.18. The zero-order valence-electron chi connectivity index (χ0n) is 13.1. The fraction of sp³-hybridized carbons (Fsp3) is 0.533. The fourth-order valence-electron chi connectivity index (χ4n) is 1.87. The Morgan fingerprint density at radius 2 is 1.81 bits per heavy atom. The zero-order valence-corrected chi connectivity index (χ0v) is 13.1. The van der Waals surface area contributed by atoms with Crippen molar-refractivity contribution in [2.75, 3.05) is 35.0 Å². The van der Waals surface area contributed by atoms with Crippen molar-refractivity contribution in [2.45, 2.75) is 19.3 Å². The lowest BCUT2D eigenvalue weighted by molar-refractivity contribution is -0.0992. The number of hydrogen-bond donors (Lipinski definition) is 1. The molecule has 1 aromatic rings. The molecular weight excluding hydrogens is 274 g/mol. The Morgan fingerprint density at radius 3 is 2.33 bits per heavy atom. The van der Waals surface area contributed by atoms with Gasteiger partial charge in [-0.25, -0.2) is 0 Å². The second-order valence-corrected chi connectivity index (χ2v) is 4.46. The average molecular weight is 297 g/mol. The lowest BCUT2D eigenvalue weighted by Crippen LogP contribution is -2.40. The van der Waals surface area contributed by atoms with Crippen molar-refractivity contribution in [1.82, 2.24) is 5.32 Å². The van der Waals surface area contributed by atoms with Crippen LogP contribution in [0.5, 0.6) is 11.5 Å². The van der Waals surface area contributed by atoms with Crippen LogP contribution in [0.2, 0.25) is 0 Å². The molecule has 118 valence electrons. The number of hydrogen-bond acceptors (Lipinski definition) is 6. The van der Waals surface area contributed by atoms with Gasteiger partial charge in [0.1, 0.15) is 11.5 Å². The van der Waals surface area contributed by atoms with E-state index >= 15 is 0 Å². The van der Waals surface area contributed by atoms with Gasteiger partial charge in [0.2, 0.25) is 0 Å². The Balaban J connectivity index is 2.81. The van der Waals surface area contributed by atoms with Gasteiger partial charge >= 0.3 is 0 Å². The highest BCUT2D eigenvalue weighted by atomic mass is 16.7. The molecule has 1 aromatic carbocycles. The predicted molar refractivity (Wildman–Crippen MR) is 79.1 cm³/mol. The topological polar surface area (TPSA) is 66.0 Å². The van der Waals surface area contributed by atoms with Crippen molar-refractivity contribution < 1.29 is 23.7 Å². The second kappa shape index (κ2) is 8.61. The van der Waals surface area contributed by atoms with Crippen molar-refractivity contribution in [3.8, 4) is 11.5 Å². The van der Waals surface area contributed by atoms with Crippen LogP contribution < -0.4 is 14.8 Å². The Morgan fingerprint density at radius 1 is 1.14 bits per heavy atom. The fourth-order valence-corrected chi connectivity index (χ4v) is 1.87. The van der Waals surface area contributed by atoms with Crippen molar-refractivity contribution in [1.29, 1.82) is 0 Å². The Bertz CT molecular complexity index is 459. The molecule has 0 saturated heterocycles. The molecule has 1 atom stereocenters. The number of benzene rings is 1. The highest BCUT2D eigenvalue weighted by Crippen LogP contribution is 2.25. The molecule has 0 bridgehead atoms. The van der Waals surface area contributed by atoms with E-state index in [-0.39, 0.29) is 5.78 Å². The lowest BCUT2D eigenvalue weighted by atomic mass is 10.0. The van der Waals surface area contributed by atoms with Gasteiger partial charge in [0.15, 0.2) is 12.1 Å². The Kier molecular flexibility index (Phi) is 7.14. The molecule has 6 nitrogen and oxygen atoms in total. The summed E-state index contributed by atoms with van der Waals surface area (Å²) in [5, 5.41) is 3.08. The molecule has 0 aliphatic heterocycles. The minimum absolute atomic E-state index is 0.0864. The molecule has 0 saturated carbocycles. The highest BCUT2D eigenvalue weighted by molar-refractivity contribution is 6.02. The number of nitrogens with one attached hydrogen (secondary N) is 1. The summed E-state index contributed by atoms with van der Waals surface area (Å²) in [4.78, 5) is 12.5. The van der Waals surface area contributed by atoms with Crippen LogP contribution in [-0.4, -0.2) is 53.1 Å². The van der Waals surface area contributed by atoms with E-state index in [1.165, 1.54) is 7.11 Å². The van der Waals surface area contributed by atoms with E-state index in [4.69, 9.17) is 18.9 Å². The van der Waals surface area contributed by atoms with Gasteiger partial charge in [-0.05, 0) is 25.1 Å². The van der Waals surface area contributed by atoms with Crippen LogP contribution in [0.15, 0.2) is 18.2 Å². The van der Waals surface area contributed by atoms with Crippen LogP contribution >= 0.6 is 0 Å². The maximum atomic E-state index is 12.5. The van der Waals surface area contributed by atoms with Gasteiger partial charge in [-0.2, -0.15) is 0 Å². The molecule has 0 aliphatic carbocycles. The van der Waals surface area contributed by atoms with E-state index in [0.717, 1.165) is 0 Å². The van der Waals surface area contributed by atoms with E-state index < -0.39 is 12.3 Å². The number of Topliss-reactive ketones (excluding diaryl/α,β-unsaturated/α-hetero) is 1. The second-order valence-electron chi connectivity index (χ2n) is 4.46. The quantitative estimate of drug-likeness (QED) is 0.550.